The molecule has 0 fully saturated rings. The van der Waals surface area contributed by atoms with Gasteiger partial charge >= 0.3 is 63.8 Å². The average Bonchev–Trinajstić information content (AvgIpc) is 0. The Kier molecular flexibility index (Phi) is 195. The molecule has 0 atom stereocenters. The summed E-state index contributed by atoms with van der Waals surface area (Å²) in [6.07, 6.45) is 0. The van der Waals surface area contributed by atoms with E-state index in [0.29, 0.717) is 0 Å². The summed E-state index contributed by atoms with van der Waals surface area (Å²) in [5.74, 6) is 0. The molecule has 0 aliphatic carbocycles. The molecular weight excluding hydrogens is 409 g/mol. The molecule has 0 aliphatic heterocycles. The van der Waals surface area contributed by atoms with Crippen molar-refractivity contribution in [2.24, 2.45) is 0 Å². The van der Waals surface area contributed by atoms with E-state index in [1.165, 1.54) is 0 Å². The average molecular weight is 415 g/mol. The molecule has 5 heavy (non-hydrogen) atoms. The molecule has 0 amide bonds. The van der Waals surface area contributed by atoms with Crippen molar-refractivity contribution in [3.8, 4) is 0 Å². The summed E-state index contributed by atoms with van der Waals surface area (Å²) >= 11 is 0. The van der Waals surface area contributed by atoms with Gasteiger partial charge in [-0.05, 0) is 0 Å². The Morgan fingerprint density at radius 3 is 1.00 bits per heavy atom. The summed E-state index contributed by atoms with van der Waals surface area (Å²) in [6.45, 7) is 0. The minimum absolute atomic E-state index is 0. The van der Waals surface area contributed by atoms with Crippen molar-refractivity contribution in [3.63, 3.8) is 0 Å². The second-order valence-electron chi connectivity index (χ2n) is 0. The molecule has 0 heterocycles. The third kappa shape index (κ3) is 18.4. The van der Waals surface area contributed by atoms with Crippen molar-refractivity contribution in [2.45, 2.75) is 0 Å². The molecule has 0 nitrogen and oxygen atoms in total. The zero-order chi connectivity index (χ0) is 0. The maximum atomic E-state index is 0. The molecular formula is H6CdMgSeTeZn. The van der Waals surface area contributed by atoms with E-state index in [4.69, 9.17) is 0 Å². The minimum Gasteiger partial charge on any atom is 0 e. The van der Waals surface area contributed by atoms with Gasteiger partial charge in [-0.1, -0.05) is 0 Å². The van der Waals surface area contributed by atoms with Crippen molar-refractivity contribution < 1.29 is 46.8 Å². The van der Waals surface area contributed by atoms with Crippen LogP contribution in [0.25, 0.3) is 0 Å². The van der Waals surface area contributed by atoms with Gasteiger partial charge in [0.15, 0.2) is 0 Å². The van der Waals surface area contributed by atoms with Gasteiger partial charge in [0.05, 0.1) is 0 Å². The molecule has 0 bridgehead atoms. The van der Waals surface area contributed by atoms with Crippen LogP contribution in [0.5, 0.6) is 0 Å². The Labute approximate surface area is 108 Å². The molecule has 0 aromatic rings. The van der Waals surface area contributed by atoms with E-state index in [1.54, 1.807) is 0 Å². The van der Waals surface area contributed by atoms with Crippen LogP contribution in [-0.2, 0) is 46.8 Å². The van der Waals surface area contributed by atoms with Gasteiger partial charge in [-0.15, -0.1) is 0 Å². The first-order valence-electron chi connectivity index (χ1n) is 0. The van der Waals surface area contributed by atoms with Crippen LogP contribution in [0.3, 0.4) is 0 Å². The second kappa shape index (κ2) is 25.5. The molecule has 0 N–H and O–H groups in total. The second-order valence-corrected chi connectivity index (χ2v) is 0. The first kappa shape index (κ1) is 38.2. The van der Waals surface area contributed by atoms with E-state index in [9.17, 15) is 0 Å². The fourth-order valence-electron chi connectivity index (χ4n) is 0. The summed E-state index contributed by atoms with van der Waals surface area (Å²) < 4.78 is 0. The van der Waals surface area contributed by atoms with E-state index < -0.39 is 0 Å². The number of rotatable bonds is 0. The van der Waals surface area contributed by atoms with Gasteiger partial charge in [0, 0.05) is 46.8 Å². The fraction of sp³-hybridized carbons (Fsp3) is 0. The Morgan fingerprint density at radius 1 is 1.00 bits per heavy atom. The Bertz CT molecular complexity index is 11.6. The molecule has 0 saturated carbocycles. The predicted octanol–water partition coefficient (Wildman–Crippen LogP) is -2.75. The first-order valence-corrected chi connectivity index (χ1v) is 0. The van der Waals surface area contributed by atoms with Crippen LogP contribution < -0.4 is 0 Å². The van der Waals surface area contributed by atoms with Crippen LogP contribution in [0.1, 0.15) is 0 Å². The molecule has 0 unspecified atom stereocenters. The summed E-state index contributed by atoms with van der Waals surface area (Å²) in [5.41, 5.74) is 0. The Morgan fingerprint density at radius 2 is 1.00 bits per heavy atom. The van der Waals surface area contributed by atoms with Crippen LogP contribution in [0, 0.1) is 0 Å². The zero-order valence-corrected chi connectivity index (χ0v) is 14.4. The van der Waals surface area contributed by atoms with Crippen LogP contribution in [-0.4, -0.2) is 63.8 Å². The molecule has 0 radical (unpaired) electrons. The van der Waals surface area contributed by atoms with Gasteiger partial charge in [-0.3, -0.25) is 0 Å². The first-order chi connectivity index (χ1) is 0. The van der Waals surface area contributed by atoms with E-state index in [-0.39, 0.29) is 111 Å². The van der Waals surface area contributed by atoms with Gasteiger partial charge in [0.25, 0.3) is 0 Å². The van der Waals surface area contributed by atoms with Gasteiger partial charge in [0.2, 0.25) is 0 Å². The maximum Gasteiger partial charge on any atom is 0 e. The monoisotopic (exact) mass is 418 g/mol. The van der Waals surface area contributed by atoms with Crippen molar-refractivity contribution in [3.05, 3.63) is 0 Å². The molecule has 0 aromatic carbocycles. The third-order valence-electron chi connectivity index (χ3n) is 0. The largest absolute Gasteiger partial charge is 0 e. The third-order valence-corrected chi connectivity index (χ3v) is 0. The van der Waals surface area contributed by atoms with Crippen LogP contribution >= 0.6 is 0 Å². The fourth-order valence-corrected chi connectivity index (χ4v) is 0. The summed E-state index contributed by atoms with van der Waals surface area (Å²) in [5, 5.41) is 0. The van der Waals surface area contributed by atoms with Crippen LogP contribution in [0.2, 0.25) is 0 Å². The summed E-state index contributed by atoms with van der Waals surface area (Å²) in [6, 6.07) is 0. The van der Waals surface area contributed by atoms with Gasteiger partial charge in [-0.2, -0.15) is 0 Å². The minimum atomic E-state index is 0. The summed E-state index contributed by atoms with van der Waals surface area (Å²) in [7, 11) is 0. The smallest absolute Gasteiger partial charge is 0 e. The number of hydrogen-bond acceptors (Lipinski definition) is 0. The molecule has 0 saturated heterocycles. The van der Waals surface area contributed by atoms with Crippen LogP contribution in [0.4, 0.5) is 0 Å². The molecule has 0 aliphatic rings. The normalized spacial score (nSPS) is 0. The van der Waals surface area contributed by atoms with E-state index in [0.717, 1.165) is 0 Å². The van der Waals surface area contributed by atoms with Crippen molar-refractivity contribution >= 4 is 63.8 Å². The van der Waals surface area contributed by atoms with Crippen molar-refractivity contribution in [1.29, 1.82) is 0 Å². The molecule has 24 valence electrons. The van der Waals surface area contributed by atoms with Gasteiger partial charge in [-0.25, -0.2) is 0 Å². The molecule has 5 heteroatoms. The van der Waals surface area contributed by atoms with Crippen LogP contribution in [0.15, 0.2) is 0 Å². The molecule has 0 rings (SSSR count). The molecule has 0 aromatic heterocycles. The Balaban J connectivity index is 0. The SMILES string of the molecule is [Cd].[MgH2].[SeH2].[TeH2].[Zn]. The van der Waals surface area contributed by atoms with Gasteiger partial charge < -0.3 is 0 Å². The topological polar surface area (TPSA) is 0 Å². The standard InChI is InChI=1S/Cd.Mg.H2Se.H2Te.Zn.2H/h;;2*1H2;;;. The van der Waals surface area contributed by atoms with E-state index in [1.807, 2.05) is 0 Å². The zero-order valence-electron chi connectivity index (χ0n) is 2.41. The maximum absolute atomic E-state index is 0. The Hall–Kier alpha value is 3.62. The van der Waals surface area contributed by atoms with Crippen molar-refractivity contribution in [1.82, 2.24) is 0 Å². The molecule has 0 spiro atoms. The predicted molar refractivity (Wildman–Crippen MR) is 25.6 cm³/mol. The quantitative estimate of drug-likeness (QED) is 0.377. The van der Waals surface area contributed by atoms with Gasteiger partial charge in [0.1, 0.15) is 0 Å². The van der Waals surface area contributed by atoms with E-state index in [2.05, 4.69) is 0 Å². The summed E-state index contributed by atoms with van der Waals surface area (Å²) in [4.78, 5) is 0. The van der Waals surface area contributed by atoms with Crippen molar-refractivity contribution in [2.75, 3.05) is 0 Å². The van der Waals surface area contributed by atoms with E-state index >= 15 is 0 Å². The number of hydrogen-bond donors (Lipinski definition) is 0.